The molecule has 0 spiro atoms. The molecule has 0 aliphatic carbocycles. The third-order valence-corrected chi connectivity index (χ3v) is 8.01. The summed E-state index contributed by atoms with van der Waals surface area (Å²) in [6.45, 7) is -1.28. The van der Waals surface area contributed by atoms with Crippen LogP contribution < -0.4 is 9.04 Å². The van der Waals surface area contributed by atoms with Crippen LogP contribution in [-0.2, 0) is 24.3 Å². The molecular weight excluding hydrogens is 455 g/mol. The number of sulfonamides is 1. The topological polar surface area (TPSA) is 102 Å². The minimum Gasteiger partial charge on any atom is -0.497 e. The van der Waals surface area contributed by atoms with E-state index in [4.69, 9.17) is 14.2 Å². The first kappa shape index (κ1) is 22.8. The SMILES string of the molecule is COC(=O)N1[C@H]2[C@@H](C[C@]1(CF)C(=O)OC)c1cc(OC)ccc1N2S(=O)(=O)c1ccccc1. The van der Waals surface area contributed by atoms with Gasteiger partial charge in [0, 0.05) is 5.92 Å². The standard InChI is InChI=1S/C22H23FN2O7S/c1-30-14-9-10-18-16(11-14)17-12-22(13-23,20(26)31-2)24(21(27)32-3)19(17)25(18)33(28,29)15-7-5-4-6-8-15/h4-11,17,19H,12-13H2,1-3H3/t17-,19+,22-/m0/s1. The van der Waals surface area contributed by atoms with Crippen LogP contribution in [0.3, 0.4) is 0 Å². The molecule has 4 rings (SSSR count). The van der Waals surface area contributed by atoms with Gasteiger partial charge >= 0.3 is 12.1 Å². The van der Waals surface area contributed by atoms with E-state index >= 15 is 0 Å². The Morgan fingerprint density at radius 3 is 2.36 bits per heavy atom. The average Bonchev–Trinajstić information content (AvgIpc) is 3.35. The van der Waals surface area contributed by atoms with Crippen LogP contribution in [0.5, 0.6) is 5.75 Å². The van der Waals surface area contributed by atoms with Crippen molar-refractivity contribution in [3.8, 4) is 5.75 Å². The summed E-state index contributed by atoms with van der Waals surface area (Å²) in [4.78, 5) is 26.5. The maximum absolute atomic E-state index is 14.6. The molecule has 176 valence electrons. The Morgan fingerprint density at radius 2 is 1.79 bits per heavy atom. The molecular formula is C22H23FN2O7S. The van der Waals surface area contributed by atoms with Gasteiger partial charge in [0.25, 0.3) is 10.0 Å². The molecule has 0 saturated carbocycles. The summed E-state index contributed by atoms with van der Waals surface area (Å²) in [5.41, 5.74) is -1.24. The van der Waals surface area contributed by atoms with Gasteiger partial charge in [-0.3, -0.25) is 4.90 Å². The van der Waals surface area contributed by atoms with Gasteiger partial charge < -0.3 is 14.2 Å². The summed E-state index contributed by atoms with van der Waals surface area (Å²) >= 11 is 0. The monoisotopic (exact) mass is 478 g/mol. The molecule has 1 fully saturated rings. The lowest BCUT2D eigenvalue weighted by Gasteiger charge is -2.39. The molecule has 0 aromatic heterocycles. The first-order valence-electron chi connectivity index (χ1n) is 10.1. The van der Waals surface area contributed by atoms with Gasteiger partial charge in [-0.05, 0) is 42.3 Å². The zero-order chi connectivity index (χ0) is 24.0. The second kappa shape index (κ2) is 8.22. The van der Waals surface area contributed by atoms with Crippen LogP contribution in [0.25, 0.3) is 0 Å². The van der Waals surface area contributed by atoms with Gasteiger partial charge in [0.05, 0.1) is 31.9 Å². The zero-order valence-electron chi connectivity index (χ0n) is 18.2. The zero-order valence-corrected chi connectivity index (χ0v) is 19.0. The molecule has 9 nitrogen and oxygen atoms in total. The lowest BCUT2D eigenvalue weighted by molar-refractivity contribution is -0.154. The second-order valence-corrected chi connectivity index (χ2v) is 9.57. The average molecular weight is 478 g/mol. The van der Waals surface area contributed by atoms with Gasteiger partial charge in [-0.2, -0.15) is 0 Å². The van der Waals surface area contributed by atoms with Crippen LogP contribution in [0.1, 0.15) is 17.9 Å². The van der Waals surface area contributed by atoms with E-state index in [1.807, 2.05) is 0 Å². The number of methoxy groups -OCH3 is 3. The third-order valence-electron chi connectivity index (χ3n) is 6.21. The van der Waals surface area contributed by atoms with E-state index < -0.39 is 46.4 Å². The predicted octanol–water partition coefficient (Wildman–Crippen LogP) is 2.67. The van der Waals surface area contributed by atoms with Crippen molar-refractivity contribution in [3.05, 3.63) is 54.1 Å². The molecule has 2 aromatic carbocycles. The van der Waals surface area contributed by atoms with Gasteiger partial charge in [-0.1, -0.05) is 18.2 Å². The number of carbonyl (C=O) groups is 2. The van der Waals surface area contributed by atoms with E-state index in [-0.39, 0.29) is 11.3 Å². The van der Waals surface area contributed by atoms with Gasteiger partial charge in [-0.25, -0.2) is 26.7 Å². The van der Waals surface area contributed by atoms with Gasteiger partial charge in [0.2, 0.25) is 0 Å². The number of fused-ring (bicyclic) bond motifs is 3. The Balaban J connectivity index is 1.99. The van der Waals surface area contributed by atoms with Crippen molar-refractivity contribution in [2.75, 3.05) is 32.3 Å². The first-order valence-corrected chi connectivity index (χ1v) is 11.5. The van der Waals surface area contributed by atoms with E-state index in [1.54, 1.807) is 36.4 Å². The molecule has 2 heterocycles. The lowest BCUT2D eigenvalue weighted by atomic mass is 9.89. The number of alkyl halides is 1. The molecule has 33 heavy (non-hydrogen) atoms. The summed E-state index contributed by atoms with van der Waals surface area (Å²) < 4.78 is 58.2. The molecule has 1 amide bonds. The molecule has 3 atom stereocenters. The van der Waals surface area contributed by atoms with Gasteiger partial charge in [0.1, 0.15) is 18.6 Å². The van der Waals surface area contributed by atoms with Crippen molar-refractivity contribution in [1.82, 2.24) is 4.90 Å². The molecule has 1 saturated heterocycles. The largest absolute Gasteiger partial charge is 0.497 e. The number of benzene rings is 2. The van der Waals surface area contributed by atoms with E-state index in [9.17, 15) is 22.4 Å². The Hall–Kier alpha value is -3.34. The van der Waals surface area contributed by atoms with Crippen molar-refractivity contribution in [2.24, 2.45) is 0 Å². The van der Waals surface area contributed by atoms with Crippen molar-refractivity contribution in [2.45, 2.75) is 28.9 Å². The van der Waals surface area contributed by atoms with Crippen molar-refractivity contribution >= 4 is 27.8 Å². The number of likely N-dealkylation sites (tertiary alicyclic amines) is 1. The van der Waals surface area contributed by atoms with E-state index in [2.05, 4.69) is 0 Å². The molecule has 0 unspecified atom stereocenters. The van der Waals surface area contributed by atoms with E-state index in [0.717, 1.165) is 23.4 Å². The lowest BCUT2D eigenvalue weighted by Crippen LogP contribution is -2.61. The van der Waals surface area contributed by atoms with Gasteiger partial charge in [-0.15, -0.1) is 0 Å². The summed E-state index contributed by atoms with van der Waals surface area (Å²) in [5, 5.41) is 0. The highest BCUT2D eigenvalue weighted by Gasteiger charge is 2.66. The van der Waals surface area contributed by atoms with Crippen molar-refractivity contribution in [1.29, 1.82) is 0 Å². The van der Waals surface area contributed by atoms with Crippen molar-refractivity contribution < 1.29 is 36.6 Å². The Kier molecular flexibility index (Phi) is 5.69. The number of hydrogen-bond acceptors (Lipinski definition) is 7. The maximum atomic E-state index is 14.6. The Morgan fingerprint density at radius 1 is 1.09 bits per heavy atom. The minimum atomic E-state index is -4.22. The Bertz CT molecular complexity index is 1190. The molecule has 0 N–H and O–H groups in total. The molecule has 0 bridgehead atoms. The predicted molar refractivity (Wildman–Crippen MR) is 115 cm³/mol. The molecule has 2 aliphatic heterocycles. The quantitative estimate of drug-likeness (QED) is 0.609. The number of amides is 1. The maximum Gasteiger partial charge on any atom is 0.412 e. The highest BCUT2D eigenvalue weighted by Crippen LogP contribution is 2.56. The molecule has 11 heteroatoms. The highest BCUT2D eigenvalue weighted by molar-refractivity contribution is 7.92. The van der Waals surface area contributed by atoms with E-state index in [0.29, 0.717) is 17.0 Å². The molecule has 2 aromatic rings. The number of rotatable bonds is 5. The number of nitrogens with zero attached hydrogens (tertiary/aromatic N) is 2. The van der Waals surface area contributed by atoms with Crippen LogP contribution >= 0.6 is 0 Å². The van der Waals surface area contributed by atoms with Crippen LogP contribution in [0.2, 0.25) is 0 Å². The van der Waals surface area contributed by atoms with Crippen LogP contribution in [-0.4, -0.2) is 65.1 Å². The summed E-state index contributed by atoms with van der Waals surface area (Å²) in [6, 6.07) is 12.5. The normalized spacial score (nSPS) is 23.6. The number of carbonyl (C=O) groups excluding carboxylic acids is 2. The van der Waals surface area contributed by atoms with Crippen LogP contribution in [0.4, 0.5) is 14.9 Å². The summed E-state index contributed by atoms with van der Waals surface area (Å²) in [5.74, 6) is -1.28. The highest BCUT2D eigenvalue weighted by atomic mass is 32.2. The second-order valence-electron chi connectivity index (χ2n) is 7.76. The summed E-state index contributed by atoms with van der Waals surface area (Å²) in [7, 11) is -0.600. The minimum absolute atomic E-state index is 0.0203. The van der Waals surface area contributed by atoms with Crippen LogP contribution in [0.15, 0.2) is 53.4 Å². The smallest absolute Gasteiger partial charge is 0.412 e. The fourth-order valence-electron chi connectivity index (χ4n) is 4.74. The molecule has 2 aliphatic rings. The van der Waals surface area contributed by atoms with E-state index in [1.165, 1.54) is 19.2 Å². The van der Waals surface area contributed by atoms with Crippen molar-refractivity contribution in [3.63, 3.8) is 0 Å². The number of anilines is 1. The van der Waals surface area contributed by atoms with Crippen LogP contribution in [0, 0.1) is 0 Å². The number of halogens is 1. The fourth-order valence-corrected chi connectivity index (χ4v) is 6.42. The first-order chi connectivity index (χ1) is 15.8. The Labute approximate surface area is 190 Å². The van der Waals surface area contributed by atoms with Gasteiger partial charge in [0.15, 0.2) is 5.54 Å². The number of hydrogen-bond donors (Lipinski definition) is 0. The fraction of sp³-hybridized carbons (Fsp3) is 0.364. The number of ether oxygens (including phenoxy) is 3. The number of esters is 1. The molecule has 0 radical (unpaired) electrons. The third kappa shape index (κ3) is 3.21. The summed E-state index contributed by atoms with van der Waals surface area (Å²) in [6.07, 6.45) is -2.49.